The van der Waals surface area contributed by atoms with E-state index in [4.69, 9.17) is 4.74 Å². The summed E-state index contributed by atoms with van der Waals surface area (Å²) in [6.45, 7) is 12.2. The van der Waals surface area contributed by atoms with Gasteiger partial charge in [-0.15, -0.1) is 0 Å². The first-order valence-electron chi connectivity index (χ1n) is 11.8. The Morgan fingerprint density at radius 2 is 1.92 bits per heavy atom. The van der Waals surface area contributed by atoms with Gasteiger partial charge in [-0.05, 0) is 37.6 Å². The van der Waals surface area contributed by atoms with Crippen molar-refractivity contribution in [2.24, 2.45) is 4.99 Å². The molecule has 2 aromatic heterocycles. The van der Waals surface area contributed by atoms with Crippen molar-refractivity contribution in [3.63, 3.8) is 0 Å². The smallest absolute Gasteiger partial charge is 0.433 e. The van der Waals surface area contributed by atoms with E-state index in [1.165, 1.54) is 12.3 Å². The summed E-state index contributed by atoms with van der Waals surface area (Å²) in [6, 6.07) is 11.5. The van der Waals surface area contributed by atoms with Gasteiger partial charge in [0.2, 0.25) is 0 Å². The van der Waals surface area contributed by atoms with Gasteiger partial charge in [-0.3, -0.25) is 9.98 Å². The number of ether oxygens (including phenoxy) is 1. The zero-order chi connectivity index (χ0) is 27.4. The highest BCUT2D eigenvalue weighted by Crippen LogP contribution is 2.31. The van der Waals surface area contributed by atoms with Crippen LogP contribution in [0.3, 0.4) is 0 Å². The maximum atomic E-state index is 12.7. The lowest BCUT2D eigenvalue weighted by atomic mass is 10.1. The lowest BCUT2D eigenvalue weighted by Gasteiger charge is -2.16. The second kappa shape index (κ2) is 13.8. The van der Waals surface area contributed by atoms with Crippen molar-refractivity contribution in [1.29, 1.82) is 0 Å². The fourth-order valence-corrected chi connectivity index (χ4v) is 3.19. The second-order valence-corrected chi connectivity index (χ2v) is 7.55. The van der Waals surface area contributed by atoms with Crippen LogP contribution in [-0.4, -0.2) is 23.2 Å². The Morgan fingerprint density at radius 1 is 1.16 bits per heavy atom. The summed E-state index contributed by atoms with van der Waals surface area (Å²) in [7, 11) is 1.69. The van der Waals surface area contributed by atoms with Crippen LogP contribution in [0.1, 0.15) is 46.0 Å². The standard InChI is InChI=1S/C26H26F3N5O.C2H6.2H2/c1-5-20(16-30-4)34-25-13-21(11-12-31-25)35-23-8-6-7-22(17(23)2)18(3)32-14-19-9-10-24(33-15-19)26(27,28)29;1-2;;/h5-13,15-16,32H,3,14H2,1-2,4H3,(H,31,34);1-2H3;2*1H/b20-5+,30-16?;;;. The number of alkyl halides is 3. The summed E-state index contributed by atoms with van der Waals surface area (Å²) < 4.78 is 44.2. The first-order valence-corrected chi connectivity index (χ1v) is 11.8. The zero-order valence-electron chi connectivity index (χ0n) is 21.6. The second-order valence-electron chi connectivity index (χ2n) is 7.55. The van der Waals surface area contributed by atoms with Crippen LogP contribution in [0.4, 0.5) is 19.0 Å². The fourth-order valence-electron chi connectivity index (χ4n) is 3.19. The predicted octanol–water partition coefficient (Wildman–Crippen LogP) is 7.89. The Kier molecular flexibility index (Phi) is 10.9. The molecule has 6 nitrogen and oxygen atoms in total. The summed E-state index contributed by atoms with van der Waals surface area (Å²) in [5.41, 5.74) is 2.78. The van der Waals surface area contributed by atoms with Crippen molar-refractivity contribution < 1.29 is 20.8 Å². The molecule has 0 radical (unpaired) electrons. The van der Waals surface area contributed by atoms with Crippen LogP contribution in [0.25, 0.3) is 5.70 Å². The number of allylic oxidation sites excluding steroid dienone is 2. The number of anilines is 1. The molecule has 3 aromatic rings. The SMILES string of the molecule is C=C(NCc1ccc(C(F)(F)F)nc1)c1cccc(Oc2ccnc(N/C(C=NC)=C/C)c2)c1C.CC.[HH].[HH]. The third kappa shape index (κ3) is 8.49. The molecule has 200 valence electrons. The monoisotopic (exact) mass is 515 g/mol. The van der Waals surface area contributed by atoms with Crippen LogP contribution in [0, 0.1) is 6.92 Å². The fraction of sp³-hybridized carbons (Fsp3) is 0.250. The van der Waals surface area contributed by atoms with E-state index in [-0.39, 0.29) is 9.40 Å². The summed E-state index contributed by atoms with van der Waals surface area (Å²) in [5.74, 6) is 1.85. The van der Waals surface area contributed by atoms with E-state index in [0.717, 1.165) is 22.9 Å². The van der Waals surface area contributed by atoms with Crippen LogP contribution in [0.15, 0.2) is 78.2 Å². The zero-order valence-corrected chi connectivity index (χ0v) is 21.6. The Balaban J connectivity index is 0.00000353. The van der Waals surface area contributed by atoms with E-state index >= 15 is 0 Å². The number of halogens is 3. The molecule has 9 heteroatoms. The van der Waals surface area contributed by atoms with Crippen LogP contribution in [-0.2, 0) is 12.7 Å². The summed E-state index contributed by atoms with van der Waals surface area (Å²) in [5, 5.41) is 6.32. The maximum absolute atomic E-state index is 12.7. The van der Waals surface area contributed by atoms with Gasteiger partial charge in [-0.1, -0.05) is 44.7 Å². The lowest BCUT2D eigenvalue weighted by molar-refractivity contribution is -0.141. The first-order chi connectivity index (χ1) is 17.7. The Bertz CT molecular complexity index is 1250. The molecule has 2 N–H and O–H groups in total. The summed E-state index contributed by atoms with van der Waals surface area (Å²) >= 11 is 0. The highest BCUT2D eigenvalue weighted by atomic mass is 19.4. The molecular formula is C28H36F3N5O. The average molecular weight is 516 g/mol. The number of aliphatic imine (C=N–C) groups is 1. The molecule has 0 unspecified atom stereocenters. The van der Waals surface area contributed by atoms with Gasteiger partial charge in [0.25, 0.3) is 0 Å². The van der Waals surface area contributed by atoms with E-state index in [9.17, 15) is 13.2 Å². The molecule has 0 aliphatic rings. The highest BCUT2D eigenvalue weighted by Gasteiger charge is 2.31. The molecule has 0 fully saturated rings. The molecule has 0 saturated carbocycles. The quantitative estimate of drug-likeness (QED) is 0.284. The van der Waals surface area contributed by atoms with Crippen LogP contribution in [0.5, 0.6) is 11.5 Å². The topological polar surface area (TPSA) is 71.4 Å². The lowest BCUT2D eigenvalue weighted by Crippen LogP contribution is -2.13. The normalized spacial score (nSPS) is 11.5. The average Bonchev–Trinajstić information content (AvgIpc) is 2.89. The van der Waals surface area contributed by atoms with Crippen LogP contribution in [0.2, 0.25) is 0 Å². The minimum atomic E-state index is -4.46. The van der Waals surface area contributed by atoms with Crippen LogP contribution >= 0.6 is 0 Å². The molecule has 0 aliphatic heterocycles. The van der Waals surface area contributed by atoms with Gasteiger partial charge >= 0.3 is 6.18 Å². The molecule has 37 heavy (non-hydrogen) atoms. The molecule has 0 spiro atoms. The molecule has 0 aliphatic carbocycles. The number of nitrogens with zero attached hydrogens (tertiary/aromatic N) is 3. The predicted molar refractivity (Wildman–Crippen MR) is 148 cm³/mol. The third-order valence-corrected chi connectivity index (χ3v) is 5.04. The van der Waals surface area contributed by atoms with E-state index in [0.29, 0.717) is 28.6 Å². The van der Waals surface area contributed by atoms with Crippen molar-refractivity contribution in [2.45, 2.75) is 40.4 Å². The molecule has 3 rings (SSSR count). The molecule has 0 saturated heterocycles. The van der Waals surface area contributed by atoms with Gasteiger partial charge < -0.3 is 15.4 Å². The first kappa shape index (κ1) is 29.1. The number of hydrogen-bond donors (Lipinski definition) is 2. The van der Waals surface area contributed by atoms with Crippen molar-refractivity contribution in [1.82, 2.24) is 15.3 Å². The largest absolute Gasteiger partial charge is 0.457 e. The van der Waals surface area contributed by atoms with Crippen LogP contribution < -0.4 is 15.4 Å². The van der Waals surface area contributed by atoms with Gasteiger partial charge in [0.05, 0.1) is 5.70 Å². The van der Waals surface area contributed by atoms with Crippen molar-refractivity contribution >= 4 is 17.7 Å². The molecule has 0 atom stereocenters. The van der Waals surface area contributed by atoms with Crippen molar-refractivity contribution in [2.75, 3.05) is 12.4 Å². The molecule has 1 aromatic carbocycles. The minimum Gasteiger partial charge on any atom is -0.457 e. The van der Waals surface area contributed by atoms with E-state index < -0.39 is 11.9 Å². The van der Waals surface area contributed by atoms with E-state index in [1.54, 1.807) is 31.6 Å². The Labute approximate surface area is 219 Å². The number of aromatic nitrogens is 2. The van der Waals surface area contributed by atoms with E-state index in [2.05, 4.69) is 32.2 Å². The molecule has 0 amide bonds. The molecule has 0 bridgehead atoms. The van der Waals surface area contributed by atoms with Gasteiger partial charge in [0, 0.05) is 57.9 Å². The number of pyridine rings is 2. The maximum Gasteiger partial charge on any atom is 0.433 e. The van der Waals surface area contributed by atoms with Gasteiger partial charge in [-0.25, -0.2) is 4.98 Å². The van der Waals surface area contributed by atoms with Gasteiger partial charge in [0.1, 0.15) is 23.0 Å². The Morgan fingerprint density at radius 3 is 2.54 bits per heavy atom. The highest BCUT2D eigenvalue weighted by molar-refractivity contribution is 5.82. The summed E-state index contributed by atoms with van der Waals surface area (Å²) in [4.78, 5) is 11.8. The minimum absolute atomic E-state index is 0. The van der Waals surface area contributed by atoms with Crippen molar-refractivity contribution in [3.05, 3.63) is 95.6 Å². The number of nitrogens with one attached hydrogen (secondary N) is 2. The van der Waals surface area contributed by atoms with Gasteiger partial charge in [-0.2, -0.15) is 13.2 Å². The number of rotatable bonds is 9. The van der Waals surface area contributed by atoms with Crippen molar-refractivity contribution in [3.8, 4) is 11.5 Å². The summed E-state index contributed by atoms with van der Waals surface area (Å²) in [6.07, 6.45) is 1.97. The van der Waals surface area contributed by atoms with Gasteiger partial charge in [0.15, 0.2) is 0 Å². The molecule has 2 heterocycles. The third-order valence-electron chi connectivity index (χ3n) is 5.04. The number of hydrogen-bond acceptors (Lipinski definition) is 6. The van der Waals surface area contributed by atoms with E-state index in [1.807, 2.05) is 52.0 Å². The molecular weight excluding hydrogens is 479 g/mol. The Hall–Kier alpha value is -4.14. The number of benzene rings is 1.